The van der Waals surface area contributed by atoms with Crippen molar-refractivity contribution in [2.45, 2.75) is 6.42 Å². The van der Waals surface area contributed by atoms with E-state index >= 15 is 0 Å². The third-order valence-electron chi connectivity index (χ3n) is 1.18. The zero-order valence-electron chi connectivity index (χ0n) is 5.17. The van der Waals surface area contributed by atoms with E-state index in [1.165, 1.54) is 12.1 Å². The first-order chi connectivity index (χ1) is 4.43. The monoisotopic (exact) mass is 119 g/mol. The molecular formula is C8H9N. The molecule has 0 aliphatic rings. The molecule has 0 atom stereocenters. The van der Waals surface area contributed by atoms with Crippen LogP contribution in [0.4, 0.5) is 0 Å². The molecule has 0 amide bonds. The quantitative estimate of drug-likeness (QED) is 0.565. The molecule has 1 rings (SSSR count). The second-order valence-electron chi connectivity index (χ2n) is 1.89. The number of benzene rings is 1. The maximum atomic E-state index is 6.82. The smallest absolute Gasteiger partial charge is 0.0423 e. The van der Waals surface area contributed by atoms with Crippen molar-refractivity contribution in [3.63, 3.8) is 0 Å². The van der Waals surface area contributed by atoms with Crippen LogP contribution in [0.5, 0.6) is 0 Å². The van der Waals surface area contributed by atoms with Gasteiger partial charge in [0.05, 0.1) is 0 Å². The lowest BCUT2D eigenvalue weighted by Crippen LogP contribution is -1.83. The summed E-state index contributed by atoms with van der Waals surface area (Å²) in [6.07, 6.45) is 0.751. The van der Waals surface area contributed by atoms with Gasteiger partial charge in [0.15, 0.2) is 0 Å². The van der Waals surface area contributed by atoms with Gasteiger partial charge in [-0.2, -0.15) is 0 Å². The van der Waals surface area contributed by atoms with Crippen LogP contribution in [0.25, 0.3) is 0 Å². The summed E-state index contributed by atoms with van der Waals surface area (Å²) < 4.78 is 0. The van der Waals surface area contributed by atoms with Crippen LogP contribution in [0.3, 0.4) is 0 Å². The Balaban J connectivity index is 2.61. The van der Waals surface area contributed by atoms with Crippen LogP contribution in [0.2, 0.25) is 0 Å². The Hall–Kier alpha value is -0.820. The minimum absolute atomic E-state index is 0.751. The van der Waals surface area contributed by atoms with Crippen LogP contribution in [-0.4, -0.2) is 0 Å². The van der Waals surface area contributed by atoms with Crippen molar-refractivity contribution in [1.29, 1.82) is 0 Å². The summed E-state index contributed by atoms with van der Waals surface area (Å²) in [4.78, 5) is 0. The minimum Gasteiger partial charge on any atom is -0.252 e. The first-order valence-corrected chi connectivity index (χ1v) is 2.96. The van der Waals surface area contributed by atoms with Crippen LogP contribution in [0.15, 0.2) is 30.3 Å². The van der Waals surface area contributed by atoms with Gasteiger partial charge in [-0.3, -0.25) is 5.73 Å². The Bertz CT molecular complexity index is 157. The van der Waals surface area contributed by atoms with Crippen LogP contribution in [-0.2, 0) is 6.42 Å². The molecule has 0 spiro atoms. The molecule has 0 aliphatic heterocycles. The summed E-state index contributed by atoms with van der Waals surface area (Å²) in [5.74, 6) is 0. The Morgan fingerprint density at radius 1 is 1.22 bits per heavy atom. The third kappa shape index (κ3) is 1.86. The van der Waals surface area contributed by atoms with Gasteiger partial charge in [0.25, 0.3) is 0 Å². The molecule has 0 heterocycles. The fraction of sp³-hybridized carbons (Fsp3) is 0.125. The molecule has 0 unspecified atom stereocenters. The third-order valence-corrected chi connectivity index (χ3v) is 1.18. The van der Waals surface area contributed by atoms with Crippen LogP contribution in [0.1, 0.15) is 5.56 Å². The van der Waals surface area contributed by atoms with Crippen molar-refractivity contribution in [2.75, 3.05) is 0 Å². The second kappa shape index (κ2) is 3.25. The average molecular weight is 119 g/mol. The van der Waals surface area contributed by atoms with E-state index in [1.54, 1.807) is 0 Å². The van der Waals surface area contributed by atoms with Gasteiger partial charge in [0.1, 0.15) is 0 Å². The van der Waals surface area contributed by atoms with Crippen molar-refractivity contribution >= 4 is 0 Å². The summed E-state index contributed by atoms with van der Waals surface area (Å²) in [6, 6.07) is 9.99. The van der Waals surface area contributed by atoms with Gasteiger partial charge in [0.2, 0.25) is 0 Å². The molecule has 1 N–H and O–H groups in total. The number of rotatable bonds is 2. The molecular weight excluding hydrogens is 110 g/mol. The first-order valence-electron chi connectivity index (χ1n) is 2.96. The van der Waals surface area contributed by atoms with Crippen LogP contribution < -0.4 is 5.73 Å². The Kier molecular flexibility index (Phi) is 2.28. The van der Waals surface area contributed by atoms with E-state index in [0.29, 0.717) is 0 Å². The number of hydrogen-bond donors (Lipinski definition) is 0. The van der Waals surface area contributed by atoms with E-state index in [1.807, 2.05) is 30.3 Å². The van der Waals surface area contributed by atoms with Gasteiger partial charge < -0.3 is 0 Å². The summed E-state index contributed by atoms with van der Waals surface area (Å²) in [7, 11) is 0. The molecule has 0 saturated carbocycles. The van der Waals surface area contributed by atoms with Crippen molar-refractivity contribution in [3.05, 3.63) is 42.4 Å². The predicted octanol–water partition coefficient (Wildman–Crippen LogP) is 1.67. The molecule has 0 aromatic heterocycles. The zero-order chi connectivity index (χ0) is 6.53. The molecule has 2 radical (unpaired) electrons. The molecule has 0 aliphatic carbocycles. The van der Waals surface area contributed by atoms with Crippen molar-refractivity contribution in [1.82, 2.24) is 5.73 Å². The standard InChI is InChI=1S/C8H9N/c9-7-6-8-4-2-1-3-5-8/h1-5,7,9H,6H2. The zero-order valence-corrected chi connectivity index (χ0v) is 5.17. The Morgan fingerprint density at radius 3 is 2.44 bits per heavy atom. The lowest BCUT2D eigenvalue weighted by atomic mass is 10.2. The fourth-order valence-corrected chi connectivity index (χ4v) is 0.732. The highest BCUT2D eigenvalue weighted by Gasteiger charge is 1.85. The van der Waals surface area contributed by atoms with E-state index in [9.17, 15) is 0 Å². The largest absolute Gasteiger partial charge is 0.252 e. The lowest BCUT2D eigenvalue weighted by Gasteiger charge is -1.92. The van der Waals surface area contributed by atoms with E-state index in [0.717, 1.165) is 6.42 Å². The average Bonchev–Trinajstić information content (AvgIpc) is 1.91. The molecule has 1 heteroatoms. The minimum atomic E-state index is 0.751. The molecule has 0 bridgehead atoms. The topological polar surface area (TPSA) is 23.8 Å². The van der Waals surface area contributed by atoms with E-state index in [2.05, 4.69) is 0 Å². The summed E-state index contributed by atoms with van der Waals surface area (Å²) in [6.45, 7) is 1.41. The Morgan fingerprint density at radius 2 is 1.89 bits per heavy atom. The van der Waals surface area contributed by atoms with Crippen LogP contribution >= 0.6 is 0 Å². The second-order valence-corrected chi connectivity index (χ2v) is 1.89. The molecule has 1 aromatic rings. The van der Waals surface area contributed by atoms with Crippen molar-refractivity contribution < 1.29 is 0 Å². The fourth-order valence-electron chi connectivity index (χ4n) is 0.732. The molecule has 1 aromatic carbocycles. The van der Waals surface area contributed by atoms with Gasteiger partial charge in [-0.25, -0.2) is 0 Å². The Labute approximate surface area is 55.5 Å². The predicted molar refractivity (Wildman–Crippen MR) is 37.5 cm³/mol. The number of nitrogens with one attached hydrogen (secondary N) is 1. The summed E-state index contributed by atoms with van der Waals surface area (Å²) >= 11 is 0. The molecule has 9 heavy (non-hydrogen) atoms. The van der Waals surface area contributed by atoms with Gasteiger partial charge in [0, 0.05) is 6.54 Å². The molecule has 0 fully saturated rings. The van der Waals surface area contributed by atoms with E-state index in [-0.39, 0.29) is 0 Å². The van der Waals surface area contributed by atoms with Gasteiger partial charge in [-0.15, -0.1) is 0 Å². The van der Waals surface area contributed by atoms with Crippen LogP contribution in [0, 0.1) is 6.54 Å². The SMILES string of the molecule is [NH][CH]Cc1ccccc1. The van der Waals surface area contributed by atoms with E-state index in [4.69, 9.17) is 5.73 Å². The highest BCUT2D eigenvalue weighted by atomic mass is 14.5. The van der Waals surface area contributed by atoms with Gasteiger partial charge >= 0.3 is 0 Å². The summed E-state index contributed by atoms with van der Waals surface area (Å²) in [5.41, 5.74) is 8.02. The highest BCUT2D eigenvalue weighted by Crippen LogP contribution is 1.98. The molecule has 46 valence electrons. The van der Waals surface area contributed by atoms with Crippen molar-refractivity contribution in [3.8, 4) is 0 Å². The molecule has 1 nitrogen and oxygen atoms in total. The normalized spacial score (nSPS) is 9.44. The van der Waals surface area contributed by atoms with Gasteiger partial charge in [-0.1, -0.05) is 30.3 Å². The number of hydrogen-bond acceptors (Lipinski definition) is 0. The maximum absolute atomic E-state index is 6.82. The first kappa shape index (κ1) is 6.30. The molecule has 0 saturated heterocycles. The maximum Gasteiger partial charge on any atom is 0.0423 e. The van der Waals surface area contributed by atoms with Crippen molar-refractivity contribution in [2.24, 2.45) is 0 Å². The van der Waals surface area contributed by atoms with Gasteiger partial charge in [-0.05, 0) is 12.0 Å². The lowest BCUT2D eigenvalue weighted by molar-refractivity contribution is 1.08. The highest BCUT2D eigenvalue weighted by molar-refractivity contribution is 5.15. The van der Waals surface area contributed by atoms with E-state index < -0.39 is 0 Å². The summed E-state index contributed by atoms with van der Waals surface area (Å²) in [5, 5.41) is 0.